The van der Waals surface area contributed by atoms with Crippen LogP contribution in [0.5, 0.6) is 0 Å². The summed E-state index contributed by atoms with van der Waals surface area (Å²) in [4.78, 5) is 20.4. The Morgan fingerprint density at radius 1 is 1.23 bits per heavy atom. The second-order valence-electron chi connectivity index (χ2n) is 6.09. The molecule has 2 heterocycles. The van der Waals surface area contributed by atoms with Crippen LogP contribution in [0.1, 0.15) is 29.1 Å². The molecule has 0 fully saturated rings. The highest BCUT2D eigenvalue weighted by Crippen LogP contribution is 2.11. The monoisotopic (exact) mass is 357 g/mol. The second kappa shape index (κ2) is 8.98. The molecule has 0 aliphatic rings. The average molecular weight is 357 g/mol. The fraction of sp³-hybridized carbons (Fsp3) is 0.444. The summed E-state index contributed by atoms with van der Waals surface area (Å²) in [7, 11) is 3.63. The normalized spacial score (nSPS) is 11.3. The maximum atomic E-state index is 12.0. The van der Waals surface area contributed by atoms with Crippen LogP contribution in [0, 0.1) is 20.8 Å². The van der Waals surface area contributed by atoms with Crippen molar-refractivity contribution in [2.45, 2.75) is 33.7 Å². The van der Waals surface area contributed by atoms with Crippen molar-refractivity contribution in [2.24, 2.45) is 12.0 Å². The molecule has 2 aromatic rings. The van der Waals surface area contributed by atoms with Gasteiger partial charge in [-0.2, -0.15) is 5.10 Å². The van der Waals surface area contributed by atoms with Gasteiger partial charge in [0.25, 0.3) is 0 Å². The zero-order valence-electron chi connectivity index (χ0n) is 16.1. The van der Waals surface area contributed by atoms with Gasteiger partial charge >= 0.3 is 0 Å². The number of guanidine groups is 1. The van der Waals surface area contributed by atoms with Gasteiger partial charge in [0.2, 0.25) is 5.91 Å². The minimum atomic E-state index is -0.0926. The largest absolute Gasteiger partial charge is 0.356 e. The molecule has 0 atom stereocenters. The fourth-order valence-corrected chi connectivity index (χ4v) is 2.58. The van der Waals surface area contributed by atoms with Crippen molar-refractivity contribution >= 4 is 17.7 Å². The Morgan fingerprint density at radius 3 is 2.62 bits per heavy atom. The summed E-state index contributed by atoms with van der Waals surface area (Å²) in [5.74, 6) is 1.12. The highest BCUT2D eigenvalue weighted by Gasteiger charge is 2.10. The lowest BCUT2D eigenvalue weighted by Gasteiger charge is -2.12. The van der Waals surface area contributed by atoms with Crippen LogP contribution in [0.4, 0.5) is 5.82 Å². The summed E-state index contributed by atoms with van der Waals surface area (Å²) >= 11 is 0. The molecule has 3 N–H and O–H groups in total. The number of hydrogen-bond acceptors (Lipinski definition) is 4. The van der Waals surface area contributed by atoms with E-state index in [4.69, 9.17) is 0 Å². The van der Waals surface area contributed by atoms with Gasteiger partial charge in [-0.25, -0.2) is 4.98 Å². The van der Waals surface area contributed by atoms with Gasteiger partial charge in [0.1, 0.15) is 5.82 Å². The second-order valence-corrected chi connectivity index (χ2v) is 6.09. The summed E-state index contributed by atoms with van der Waals surface area (Å²) in [6.45, 7) is 7.02. The molecule has 8 heteroatoms. The number of carbonyl (C=O) groups is 1. The topological polar surface area (TPSA) is 96.2 Å². The quantitative estimate of drug-likeness (QED) is 0.537. The Morgan fingerprint density at radius 2 is 2.00 bits per heavy atom. The molecule has 0 spiro atoms. The third-order valence-corrected chi connectivity index (χ3v) is 4.12. The first-order valence-corrected chi connectivity index (χ1v) is 8.57. The maximum absolute atomic E-state index is 12.0. The van der Waals surface area contributed by atoms with Crippen molar-refractivity contribution in [2.75, 3.05) is 18.9 Å². The van der Waals surface area contributed by atoms with Crippen molar-refractivity contribution in [1.82, 2.24) is 25.4 Å². The van der Waals surface area contributed by atoms with Crippen LogP contribution in [0.15, 0.2) is 23.2 Å². The molecule has 0 aliphatic carbocycles. The lowest BCUT2D eigenvalue weighted by atomic mass is 10.2. The summed E-state index contributed by atoms with van der Waals surface area (Å²) in [5, 5.41) is 13.6. The van der Waals surface area contributed by atoms with Gasteiger partial charge < -0.3 is 16.0 Å². The summed E-state index contributed by atoms with van der Waals surface area (Å²) < 4.78 is 1.87. The Labute approximate surface area is 154 Å². The smallest absolute Gasteiger partial charge is 0.227 e. The highest BCUT2D eigenvalue weighted by atomic mass is 16.1. The molecule has 2 aromatic heterocycles. The minimum Gasteiger partial charge on any atom is -0.356 e. The van der Waals surface area contributed by atoms with E-state index in [-0.39, 0.29) is 5.91 Å². The SMILES string of the molecule is CN=C(NCCC(=O)Nc1cccc(C)n1)NCc1c(C)nn(C)c1C. The van der Waals surface area contributed by atoms with Gasteiger partial charge in [0.05, 0.1) is 5.69 Å². The van der Waals surface area contributed by atoms with E-state index in [1.54, 1.807) is 13.1 Å². The number of aromatic nitrogens is 3. The molecule has 2 rings (SSSR count). The van der Waals surface area contributed by atoms with Crippen molar-refractivity contribution in [1.29, 1.82) is 0 Å². The molecule has 1 amide bonds. The van der Waals surface area contributed by atoms with Crippen LogP contribution >= 0.6 is 0 Å². The number of aryl methyl sites for hydroxylation is 3. The molecular weight excluding hydrogens is 330 g/mol. The number of aliphatic imine (C=N–C) groups is 1. The van der Waals surface area contributed by atoms with E-state index < -0.39 is 0 Å². The van der Waals surface area contributed by atoms with Crippen molar-refractivity contribution < 1.29 is 4.79 Å². The highest BCUT2D eigenvalue weighted by molar-refractivity contribution is 5.90. The molecule has 8 nitrogen and oxygen atoms in total. The van der Waals surface area contributed by atoms with Crippen molar-refractivity contribution in [3.63, 3.8) is 0 Å². The number of pyridine rings is 1. The Balaban J connectivity index is 1.77. The predicted octanol–water partition coefficient (Wildman–Crippen LogP) is 1.43. The molecule has 0 saturated heterocycles. The number of amides is 1. The van der Waals surface area contributed by atoms with Crippen molar-refractivity contribution in [3.8, 4) is 0 Å². The van der Waals surface area contributed by atoms with E-state index in [0.717, 1.165) is 22.6 Å². The zero-order valence-corrected chi connectivity index (χ0v) is 16.1. The van der Waals surface area contributed by atoms with Crippen LogP contribution < -0.4 is 16.0 Å². The number of nitrogens with zero attached hydrogens (tertiary/aromatic N) is 4. The average Bonchev–Trinajstić information content (AvgIpc) is 2.83. The van der Waals surface area contributed by atoms with Gasteiger partial charge in [-0.3, -0.25) is 14.5 Å². The van der Waals surface area contributed by atoms with E-state index in [1.807, 2.05) is 44.6 Å². The Kier molecular flexibility index (Phi) is 6.71. The number of carbonyl (C=O) groups excluding carboxylic acids is 1. The van der Waals surface area contributed by atoms with E-state index in [0.29, 0.717) is 31.3 Å². The molecule has 140 valence electrons. The molecular formula is C18H27N7O. The molecule has 0 saturated carbocycles. The maximum Gasteiger partial charge on any atom is 0.227 e. The Hall–Kier alpha value is -2.90. The van der Waals surface area contributed by atoms with Crippen LogP contribution in [0.25, 0.3) is 0 Å². The van der Waals surface area contributed by atoms with Gasteiger partial charge in [-0.15, -0.1) is 0 Å². The van der Waals surface area contributed by atoms with E-state index in [2.05, 4.69) is 31.0 Å². The van der Waals surface area contributed by atoms with Crippen LogP contribution in [0.2, 0.25) is 0 Å². The summed E-state index contributed by atoms with van der Waals surface area (Å²) in [6.07, 6.45) is 0.321. The molecule has 0 unspecified atom stereocenters. The van der Waals surface area contributed by atoms with E-state index >= 15 is 0 Å². The first-order chi connectivity index (χ1) is 12.4. The first kappa shape index (κ1) is 19.4. The van der Waals surface area contributed by atoms with Crippen LogP contribution in [-0.4, -0.2) is 40.2 Å². The number of anilines is 1. The fourth-order valence-electron chi connectivity index (χ4n) is 2.58. The third kappa shape index (κ3) is 5.30. The lowest BCUT2D eigenvalue weighted by molar-refractivity contribution is -0.116. The summed E-state index contributed by atoms with van der Waals surface area (Å²) in [5.41, 5.74) is 4.14. The van der Waals surface area contributed by atoms with Crippen LogP contribution in [-0.2, 0) is 18.4 Å². The molecule has 0 radical (unpaired) electrons. The number of rotatable bonds is 6. The lowest BCUT2D eigenvalue weighted by Crippen LogP contribution is -2.38. The molecule has 0 bridgehead atoms. The van der Waals surface area contributed by atoms with Gasteiger partial charge in [0, 0.05) is 50.6 Å². The van der Waals surface area contributed by atoms with Crippen molar-refractivity contribution in [3.05, 3.63) is 40.8 Å². The van der Waals surface area contributed by atoms with E-state index in [9.17, 15) is 4.79 Å². The zero-order chi connectivity index (χ0) is 19.1. The molecule has 0 aliphatic heterocycles. The standard InChI is InChI=1S/C18H27N7O/c1-12-7-6-8-16(22-12)23-17(26)9-10-20-18(19-4)21-11-15-13(2)24-25(5)14(15)3/h6-8H,9-11H2,1-5H3,(H2,19,20,21)(H,22,23,26). The van der Waals surface area contributed by atoms with E-state index in [1.165, 1.54) is 0 Å². The Bertz CT molecular complexity index is 795. The van der Waals surface area contributed by atoms with Gasteiger partial charge in [-0.05, 0) is 32.9 Å². The minimum absolute atomic E-state index is 0.0926. The van der Waals surface area contributed by atoms with Gasteiger partial charge in [0.15, 0.2) is 5.96 Å². The number of hydrogen-bond donors (Lipinski definition) is 3. The van der Waals surface area contributed by atoms with Crippen LogP contribution in [0.3, 0.4) is 0 Å². The summed E-state index contributed by atoms with van der Waals surface area (Å²) in [6, 6.07) is 5.53. The van der Waals surface area contributed by atoms with Gasteiger partial charge in [-0.1, -0.05) is 6.07 Å². The molecule has 26 heavy (non-hydrogen) atoms. The third-order valence-electron chi connectivity index (χ3n) is 4.12. The first-order valence-electron chi connectivity index (χ1n) is 8.57. The molecule has 0 aromatic carbocycles. The predicted molar refractivity (Wildman–Crippen MR) is 103 cm³/mol. The number of nitrogens with one attached hydrogen (secondary N) is 3.